The number of nitrogens with two attached hydrogens (primary N) is 1. The summed E-state index contributed by atoms with van der Waals surface area (Å²) in [4.78, 5) is 26.3. The van der Waals surface area contributed by atoms with E-state index in [2.05, 4.69) is 0 Å². The van der Waals surface area contributed by atoms with Gasteiger partial charge < -0.3 is 25.0 Å². The van der Waals surface area contributed by atoms with E-state index in [-0.39, 0.29) is 18.6 Å². The molecule has 1 unspecified atom stereocenters. The zero-order chi connectivity index (χ0) is 15.9. The summed E-state index contributed by atoms with van der Waals surface area (Å²) < 4.78 is 10.3. The first-order chi connectivity index (χ1) is 10.7. The van der Waals surface area contributed by atoms with Gasteiger partial charge in [-0.15, -0.1) is 0 Å². The molecule has 0 spiro atoms. The summed E-state index contributed by atoms with van der Waals surface area (Å²) in [6.07, 6.45) is 0.530. The van der Waals surface area contributed by atoms with Crippen molar-refractivity contribution in [2.24, 2.45) is 5.73 Å². The van der Waals surface area contributed by atoms with Gasteiger partial charge in [0.1, 0.15) is 6.61 Å². The quantitative estimate of drug-likeness (QED) is 0.716. The standard InChI is InChI=1S/C15H21N3O4/c1-21-14(8-16)9-17(11-19)12-2-4-13(5-3-12)18-6-7-22-10-15(18)20/h2-5,11,14H,6-10,16H2,1H3. The average Bonchev–Trinajstić information content (AvgIpc) is 2.57. The highest BCUT2D eigenvalue weighted by Crippen LogP contribution is 2.21. The lowest BCUT2D eigenvalue weighted by Gasteiger charge is -2.27. The molecular weight excluding hydrogens is 286 g/mol. The van der Waals surface area contributed by atoms with Crippen LogP contribution >= 0.6 is 0 Å². The Hall–Kier alpha value is -1.96. The van der Waals surface area contributed by atoms with E-state index < -0.39 is 0 Å². The molecule has 1 atom stereocenters. The van der Waals surface area contributed by atoms with Gasteiger partial charge in [0.15, 0.2) is 0 Å². The first-order valence-electron chi connectivity index (χ1n) is 7.12. The summed E-state index contributed by atoms with van der Waals surface area (Å²) in [5.74, 6) is -0.0613. The Bertz CT molecular complexity index is 502. The maximum Gasteiger partial charge on any atom is 0.253 e. The topological polar surface area (TPSA) is 85.1 Å². The predicted molar refractivity (Wildman–Crippen MR) is 82.9 cm³/mol. The van der Waals surface area contributed by atoms with Crippen molar-refractivity contribution in [1.29, 1.82) is 0 Å². The van der Waals surface area contributed by atoms with Crippen LogP contribution in [0.2, 0.25) is 0 Å². The maximum atomic E-state index is 11.8. The van der Waals surface area contributed by atoms with Gasteiger partial charge in [-0.1, -0.05) is 0 Å². The summed E-state index contributed by atoms with van der Waals surface area (Å²) in [6, 6.07) is 7.24. The maximum absolute atomic E-state index is 11.8. The molecule has 0 radical (unpaired) electrons. The van der Waals surface area contributed by atoms with Crippen molar-refractivity contribution in [1.82, 2.24) is 0 Å². The summed E-state index contributed by atoms with van der Waals surface area (Å²) >= 11 is 0. The van der Waals surface area contributed by atoms with Crippen LogP contribution in [0.3, 0.4) is 0 Å². The monoisotopic (exact) mass is 307 g/mol. The lowest BCUT2D eigenvalue weighted by atomic mass is 10.2. The van der Waals surface area contributed by atoms with E-state index in [9.17, 15) is 9.59 Å². The molecule has 2 rings (SSSR count). The number of amides is 2. The molecule has 1 aliphatic rings. The van der Waals surface area contributed by atoms with Gasteiger partial charge in [-0.2, -0.15) is 0 Å². The molecule has 0 aliphatic carbocycles. The summed E-state index contributed by atoms with van der Waals surface area (Å²) in [5, 5.41) is 0. The van der Waals surface area contributed by atoms with E-state index in [1.165, 1.54) is 4.90 Å². The molecular formula is C15H21N3O4. The van der Waals surface area contributed by atoms with Crippen LogP contribution in [0.1, 0.15) is 0 Å². The van der Waals surface area contributed by atoms with E-state index in [1.54, 1.807) is 24.1 Å². The van der Waals surface area contributed by atoms with Gasteiger partial charge >= 0.3 is 0 Å². The fourth-order valence-corrected chi connectivity index (χ4v) is 2.29. The number of hydrogen-bond donors (Lipinski definition) is 1. The van der Waals surface area contributed by atoms with Crippen molar-refractivity contribution in [3.8, 4) is 0 Å². The Morgan fingerprint density at radius 2 is 2.18 bits per heavy atom. The van der Waals surface area contributed by atoms with Crippen LogP contribution in [0.15, 0.2) is 24.3 Å². The SMILES string of the molecule is COC(CN)CN(C=O)c1ccc(N2CCOCC2=O)cc1. The second-order valence-electron chi connectivity index (χ2n) is 4.97. The number of ether oxygens (including phenoxy) is 2. The van der Waals surface area contributed by atoms with Gasteiger partial charge in [-0.05, 0) is 24.3 Å². The molecule has 1 aliphatic heterocycles. The third kappa shape index (κ3) is 3.82. The first kappa shape index (κ1) is 16.4. The Balaban J connectivity index is 2.09. The molecule has 0 aromatic heterocycles. The van der Waals surface area contributed by atoms with E-state index in [0.717, 1.165) is 17.8 Å². The number of anilines is 2. The van der Waals surface area contributed by atoms with E-state index in [1.807, 2.05) is 12.1 Å². The van der Waals surface area contributed by atoms with Crippen LogP contribution in [0.25, 0.3) is 0 Å². The van der Waals surface area contributed by atoms with Crippen LogP contribution in [-0.2, 0) is 19.1 Å². The van der Waals surface area contributed by atoms with Crippen molar-refractivity contribution < 1.29 is 19.1 Å². The molecule has 120 valence electrons. The van der Waals surface area contributed by atoms with Gasteiger partial charge in [-0.3, -0.25) is 9.59 Å². The molecule has 0 saturated carbocycles. The molecule has 1 aromatic rings. The van der Waals surface area contributed by atoms with E-state index in [4.69, 9.17) is 15.2 Å². The number of morpholine rings is 1. The van der Waals surface area contributed by atoms with E-state index in [0.29, 0.717) is 26.2 Å². The first-order valence-corrected chi connectivity index (χ1v) is 7.12. The minimum atomic E-state index is -0.217. The number of rotatable bonds is 7. The third-order valence-electron chi connectivity index (χ3n) is 3.60. The minimum absolute atomic E-state index is 0.0613. The van der Waals surface area contributed by atoms with Crippen molar-refractivity contribution in [3.63, 3.8) is 0 Å². The van der Waals surface area contributed by atoms with Gasteiger partial charge in [0, 0.05) is 31.6 Å². The fraction of sp³-hybridized carbons (Fsp3) is 0.467. The van der Waals surface area contributed by atoms with Gasteiger partial charge in [0.05, 0.1) is 19.3 Å². The van der Waals surface area contributed by atoms with Crippen LogP contribution in [-0.4, -0.2) is 58.4 Å². The Morgan fingerprint density at radius 3 is 2.73 bits per heavy atom. The third-order valence-corrected chi connectivity index (χ3v) is 3.60. The number of nitrogens with zero attached hydrogens (tertiary/aromatic N) is 2. The zero-order valence-electron chi connectivity index (χ0n) is 12.6. The van der Waals surface area contributed by atoms with Crippen molar-refractivity contribution in [3.05, 3.63) is 24.3 Å². The second kappa shape index (κ2) is 7.88. The second-order valence-corrected chi connectivity index (χ2v) is 4.97. The number of hydrogen-bond acceptors (Lipinski definition) is 5. The predicted octanol–water partition coefficient (Wildman–Crippen LogP) is -0.0137. The number of carbonyl (C=O) groups is 2. The zero-order valence-corrected chi connectivity index (χ0v) is 12.6. The molecule has 2 N–H and O–H groups in total. The summed E-state index contributed by atoms with van der Waals surface area (Å²) in [6.45, 7) is 1.89. The smallest absolute Gasteiger partial charge is 0.253 e. The summed E-state index contributed by atoms with van der Waals surface area (Å²) in [7, 11) is 1.56. The highest BCUT2D eigenvalue weighted by atomic mass is 16.5. The number of benzene rings is 1. The normalized spacial score (nSPS) is 16.5. The number of methoxy groups -OCH3 is 1. The Kier molecular flexibility index (Phi) is 5.88. The largest absolute Gasteiger partial charge is 0.378 e. The molecule has 1 aromatic carbocycles. The van der Waals surface area contributed by atoms with Crippen LogP contribution < -0.4 is 15.5 Å². The van der Waals surface area contributed by atoms with Crippen molar-refractivity contribution in [2.45, 2.75) is 6.10 Å². The molecule has 7 heteroatoms. The average molecular weight is 307 g/mol. The minimum Gasteiger partial charge on any atom is -0.378 e. The van der Waals surface area contributed by atoms with Crippen LogP contribution in [0.4, 0.5) is 11.4 Å². The lowest BCUT2D eigenvalue weighted by Crippen LogP contribution is -2.41. The van der Waals surface area contributed by atoms with Gasteiger partial charge in [0.2, 0.25) is 6.41 Å². The molecule has 22 heavy (non-hydrogen) atoms. The molecule has 2 amide bonds. The molecule has 1 fully saturated rings. The number of carbonyl (C=O) groups excluding carboxylic acids is 2. The van der Waals surface area contributed by atoms with Crippen molar-refractivity contribution >= 4 is 23.7 Å². The molecule has 0 bridgehead atoms. The highest BCUT2D eigenvalue weighted by Gasteiger charge is 2.20. The molecule has 1 heterocycles. The van der Waals surface area contributed by atoms with Gasteiger partial charge in [0.25, 0.3) is 5.91 Å². The van der Waals surface area contributed by atoms with E-state index >= 15 is 0 Å². The van der Waals surface area contributed by atoms with Crippen LogP contribution in [0.5, 0.6) is 0 Å². The van der Waals surface area contributed by atoms with Gasteiger partial charge in [-0.25, -0.2) is 0 Å². The molecule has 7 nitrogen and oxygen atoms in total. The van der Waals surface area contributed by atoms with Crippen LogP contribution in [0, 0.1) is 0 Å². The lowest BCUT2D eigenvalue weighted by molar-refractivity contribution is -0.125. The van der Waals surface area contributed by atoms with Crippen molar-refractivity contribution in [2.75, 3.05) is 49.8 Å². The fourth-order valence-electron chi connectivity index (χ4n) is 2.29. The molecule has 1 saturated heterocycles. The summed E-state index contributed by atoms with van der Waals surface area (Å²) in [5.41, 5.74) is 7.11. The Morgan fingerprint density at radius 1 is 1.45 bits per heavy atom. The highest BCUT2D eigenvalue weighted by molar-refractivity contribution is 5.95. The Labute approximate surface area is 129 Å².